The average Bonchev–Trinajstić information content (AvgIpc) is 2.91. The molecule has 4 rings (SSSR count). The van der Waals surface area contributed by atoms with Gasteiger partial charge in [0.15, 0.2) is 11.6 Å². The molecule has 0 spiro atoms. The zero-order valence-corrected chi connectivity index (χ0v) is 11.6. The van der Waals surface area contributed by atoms with Crippen molar-refractivity contribution in [3.05, 3.63) is 59.2 Å². The van der Waals surface area contributed by atoms with E-state index in [1.165, 1.54) is 5.56 Å². The lowest BCUT2D eigenvalue weighted by Crippen LogP contribution is -1.89. The first-order valence-electron chi connectivity index (χ1n) is 6.68. The molecule has 1 saturated carbocycles. The van der Waals surface area contributed by atoms with Crippen LogP contribution in [0.2, 0.25) is 0 Å². The Labute approximate surface area is 121 Å². The first-order valence-corrected chi connectivity index (χ1v) is 7.56. The lowest BCUT2D eigenvalue weighted by atomic mass is 10.1. The van der Waals surface area contributed by atoms with Crippen LogP contribution in [0.1, 0.15) is 29.6 Å². The molecule has 0 aliphatic heterocycles. The Morgan fingerprint density at radius 1 is 1.10 bits per heavy atom. The van der Waals surface area contributed by atoms with Crippen LogP contribution < -0.4 is 5.73 Å². The summed E-state index contributed by atoms with van der Waals surface area (Å²) in [5.74, 6) is 2.38. The number of nitrogens with zero attached hydrogens (tertiary/aromatic N) is 1. The van der Waals surface area contributed by atoms with E-state index in [0.29, 0.717) is 17.7 Å². The van der Waals surface area contributed by atoms with Crippen LogP contribution >= 0.6 is 11.3 Å². The smallest absolute Gasteiger partial charge is 0.175 e. The van der Waals surface area contributed by atoms with Gasteiger partial charge in [0.05, 0.1) is 5.56 Å². The van der Waals surface area contributed by atoms with Gasteiger partial charge in [-0.1, -0.05) is 41.6 Å². The Hall–Kier alpha value is -2.07. The third-order valence-corrected chi connectivity index (χ3v) is 4.75. The van der Waals surface area contributed by atoms with Gasteiger partial charge in [-0.25, -0.2) is 0 Å². The first-order chi connectivity index (χ1) is 9.84. The Balaban J connectivity index is 1.69. The van der Waals surface area contributed by atoms with Gasteiger partial charge in [0.2, 0.25) is 0 Å². The number of nitrogen functional groups attached to an aromatic ring is 1. The summed E-state index contributed by atoms with van der Waals surface area (Å²) in [5.41, 5.74) is 8.34. The maximum absolute atomic E-state index is 5.98. The molecular weight excluding hydrogens is 268 g/mol. The van der Waals surface area contributed by atoms with Gasteiger partial charge in [-0.3, -0.25) is 0 Å². The summed E-state index contributed by atoms with van der Waals surface area (Å²) in [5, 5.41) is 6.02. The van der Waals surface area contributed by atoms with E-state index in [0.717, 1.165) is 22.6 Å². The van der Waals surface area contributed by atoms with Gasteiger partial charge in [-0.2, -0.15) is 0 Å². The predicted molar refractivity (Wildman–Crippen MR) is 80.8 cm³/mol. The minimum Gasteiger partial charge on any atom is -0.380 e. The summed E-state index contributed by atoms with van der Waals surface area (Å²) in [6, 6.07) is 14.7. The lowest BCUT2D eigenvalue weighted by molar-refractivity contribution is 0.386. The number of thiophene rings is 1. The molecule has 1 aliphatic rings. The van der Waals surface area contributed by atoms with E-state index in [1.807, 2.05) is 17.5 Å². The van der Waals surface area contributed by atoms with Crippen molar-refractivity contribution in [3.8, 4) is 10.4 Å². The second kappa shape index (κ2) is 4.49. The number of aromatic nitrogens is 1. The lowest BCUT2D eigenvalue weighted by Gasteiger charge is -2.00. The molecule has 4 heteroatoms. The Bertz CT molecular complexity index is 718. The summed E-state index contributed by atoms with van der Waals surface area (Å²) in [4.78, 5) is 1.14. The number of hydrogen-bond donors (Lipinski definition) is 1. The molecule has 3 aromatic rings. The largest absolute Gasteiger partial charge is 0.380 e. The van der Waals surface area contributed by atoms with Gasteiger partial charge < -0.3 is 10.3 Å². The summed E-state index contributed by atoms with van der Waals surface area (Å²) in [6.07, 6.45) is 1.11. The van der Waals surface area contributed by atoms with Crippen molar-refractivity contribution in [2.45, 2.75) is 18.3 Å². The summed E-state index contributed by atoms with van der Waals surface area (Å²) < 4.78 is 5.53. The van der Waals surface area contributed by atoms with E-state index in [9.17, 15) is 0 Å². The summed E-state index contributed by atoms with van der Waals surface area (Å²) in [6.45, 7) is 0. The quantitative estimate of drug-likeness (QED) is 0.781. The molecule has 0 amide bonds. The standard InChI is InChI=1S/C16H14N2OS/c17-16-14(13-7-4-8-20-13)15(19-18-16)12-9-11(12)10-5-2-1-3-6-10/h1-8,11-12H,9H2,(H2,17,18). The summed E-state index contributed by atoms with van der Waals surface area (Å²) in [7, 11) is 0. The van der Waals surface area contributed by atoms with Crippen molar-refractivity contribution in [2.75, 3.05) is 5.73 Å². The van der Waals surface area contributed by atoms with Crippen molar-refractivity contribution in [1.82, 2.24) is 5.16 Å². The van der Waals surface area contributed by atoms with Crippen molar-refractivity contribution < 1.29 is 4.52 Å². The number of benzene rings is 1. The van der Waals surface area contributed by atoms with Crippen LogP contribution in [0.3, 0.4) is 0 Å². The molecular formula is C16H14N2OS. The van der Waals surface area contributed by atoms with Crippen molar-refractivity contribution in [3.63, 3.8) is 0 Å². The topological polar surface area (TPSA) is 52.0 Å². The van der Waals surface area contributed by atoms with Gasteiger partial charge >= 0.3 is 0 Å². The van der Waals surface area contributed by atoms with Crippen LogP contribution in [-0.4, -0.2) is 5.16 Å². The third kappa shape index (κ3) is 1.84. The van der Waals surface area contributed by atoms with Crippen molar-refractivity contribution in [1.29, 1.82) is 0 Å². The van der Waals surface area contributed by atoms with E-state index >= 15 is 0 Å². The van der Waals surface area contributed by atoms with Gasteiger partial charge in [-0.15, -0.1) is 11.3 Å². The Morgan fingerprint density at radius 2 is 1.95 bits per heavy atom. The van der Waals surface area contributed by atoms with E-state index in [2.05, 4.69) is 35.5 Å². The number of hydrogen-bond acceptors (Lipinski definition) is 4. The van der Waals surface area contributed by atoms with Crippen molar-refractivity contribution in [2.24, 2.45) is 0 Å². The average molecular weight is 282 g/mol. The fraction of sp³-hybridized carbons (Fsp3) is 0.188. The molecule has 20 heavy (non-hydrogen) atoms. The molecule has 0 saturated heterocycles. The summed E-state index contributed by atoms with van der Waals surface area (Å²) >= 11 is 1.67. The fourth-order valence-corrected chi connectivity index (χ4v) is 3.57. The maximum Gasteiger partial charge on any atom is 0.175 e. The van der Waals surface area contributed by atoms with Crippen LogP contribution in [0.15, 0.2) is 52.4 Å². The highest BCUT2D eigenvalue weighted by atomic mass is 32.1. The molecule has 0 bridgehead atoms. The highest BCUT2D eigenvalue weighted by molar-refractivity contribution is 7.13. The maximum atomic E-state index is 5.98. The highest BCUT2D eigenvalue weighted by Gasteiger charge is 2.44. The van der Waals surface area contributed by atoms with Gasteiger partial charge in [-0.05, 0) is 29.3 Å². The highest BCUT2D eigenvalue weighted by Crippen LogP contribution is 2.57. The molecule has 1 fully saturated rings. The molecule has 2 atom stereocenters. The minimum absolute atomic E-state index is 0.402. The molecule has 2 aromatic heterocycles. The SMILES string of the molecule is Nc1noc(C2CC2c2ccccc2)c1-c1cccs1. The van der Waals surface area contributed by atoms with Crippen LogP contribution in [0.5, 0.6) is 0 Å². The van der Waals surface area contributed by atoms with Crippen molar-refractivity contribution >= 4 is 17.2 Å². The predicted octanol–water partition coefficient (Wildman–Crippen LogP) is 4.26. The van der Waals surface area contributed by atoms with Gasteiger partial charge in [0.1, 0.15) is 0 Å². The second-order valence-electron chi connectivity index (χ2n) is 5.14. The number of anilines is 1. The molecule has 1 aliphatic carbocycles. The van der Waals surface area contributed by atoms with Crippen LogP contribution in [-0.2, 0) is 0 Å². The second-order valence-corrected chi connectivity index (χ2v) is 6.09. The molecule has 0 radical (unpaired) electrons. The molecule has 2 unspecified atom stereocenters. The first kappa shape index (κ1) is 11.7. The Kier molecular flexibility index (Phi) is 2.63. The van der Waals surface area contributed by atoms with E-state index in [1.54, 1.807) is 11.3 Å². The molecule has 100 valence electrons. The van der Waals surface area contributed by atoms with E-state index in [-0.39, 0.29) is 0 Å². The van der Waals surface area contributed by atoms with Crippen LogP contribution in [0.4, 0.5) is 5.82 Å². The zero-order chi connectivity index (χ0) is 13.5. The van der Waals surface area contributed by atoms with E-state index in [4.69, 9.17) is 10.3 Å². The van der Waals surface area contributed by atoms with Gasteiger partial charge in [0, 0.05) is 10.8 Å². The number of nitrogens with two attached hydrogens (primary N) is 1. The molecule has 2 heterocycles. The van der Waals surface area contributed by atoms with E-state index < -0.39 is 0 Å². The van der Waals surface area contributed by atoms with Crippen LogP contribution in [0, 0.1) is 0 Å². The fourth-order valence-electron chi connectivity index (χ4n) is 2.79. The Morgan fingerprint density at radius 3 is 2.70 bits per heavy atom. The number of rotatable bonds is 3. The normalized spacial score (nSPS) is 21.0. The van der Waals surface area contributed by atoms with Gasteiger partial charge in [0.25, 0.3) is 0 Å². The monoisotopic (exact) mass is 282 g/mol. The molecule has 3 nitrogen and oxygen atoms in total. The van der Waals surface area contributed by atoms with Crippen LogP contribution in [0.25, 0.3) is 10.4 Å². The third-order valence-electron chi connectivity index (χ3n) is 3.87. The zero-order valence-electron chi connectivity index (χ0n) is 10.8. The molecule has 1 aromatic carbocycles. The molecule has 2 N–H and O–H groups in total. The minimum atomic E-state index is 0.402.